The third-order valence-corrected chi connectivity index (χ3v) is 4.22. The predicted molar refractivity (Wildman–Crippen MR) is 69.0 cm³/mol. The minimum atomic E-state index is -0.128. The van der Waals surface area contributed by atoms with Crippen molar-refractivity contribution in [1.82, 2.24) is 9.80 Å². The summed E-state index contributed by atoms with van der Waals surface area (Å²) in [6.45, 7) is 3.11. The van der Waals surface area contributed by atoms with E-state index in [2.05, 4.69) is 37.9 Å². The molecule has 0 radical (unpaired) electrons. The Morgan fingerprint density at radius 1 is 1.35 bits per heavy atom. The molecule has 0 aromatic heterocycles. The Morgan fingerprint density at radius 2 is 1.94 bits per heavy atom. The van der Waals surface area contributed by atoms with Crippen molar-refractivity contribution in [2.24, 2.45) is 0 Å². The maximum atomic E-state index is 11.3. The van der Waals surface area contributed by atoms with Crippen LogP contribution in [0.3, 0.4) is 0 Å². The third kappa shape index (κ3) is 3.42. The van der Waals surface area contributed by atoms with Crippen LogP contribution in [0, 0.1) is 0 Å². The molecule has 4 heteroatoms. The van der Waals surface area contributed by atoms with Crippen molar-refractivity contribution in [3.8, 4) is 0 Å². The maximum Gasteiger partial charge on any atom is 0.307 e. The Bertz CT molecular complexity index is 262. The predicted octanol–water partition coefficient (Wildman–Crippen LogP) is 1.35. The molecule has 0 spiro atoms. The van der Waals surface area contributed by atoms with Gasteiger partial charge in [0.1, 0.15) is 0 Å². The lowest BCUT2D eigenvalue weighted by Crippen LogP contribution is -2.57. The first-order chi connectivity index (χ1) is 7.91. The number of esters is 1. The van der Waals surface area contributed by atoms with Crippen molar-refractivity contribution in [3.63, 3.8) is 0 Å². The van der Waals surface area contributed by atoms with Gasteiger partial charge in [-0.3, -0.25) is 4.79 Å². The fourth-order valence-electron chi connectivity index (χ4n) is 2.43. The van der Waals surface area contributed by atoms with Crippen molar-refractivity contribution in [1.29, 1.82) is 0 Å². The van der Waals surface area contributed by atoms with Gasteiger partial charge in [-0.1, -0.05) is 0 Å². The second-order valence-electron chi connectivity index (χ2n) is 5.52. The molecule has 0 N–H and O–H groups in total. The number of carbonyl (C=O) groups is 1. The van der Waals surface area contributed by atoms with Gasteiger partial charge < -0.3 is 14.5 Å². The van der Waals surface area contributed by atoms with Gasteiger partial charge in [-0.15, -0.1) is 0 Å². The summed E-state index contributed by atoms with van der Waals surface area (Å²) in [5.74, 6) is -0.128. The van der Waals surface area contributed by atoms with Crippen molar-refractivity contribution in [2.45, 2.75) is 44.2 Å². The Hall–Kier alpha value is -0.610. The molecule has 0 heterocycles. The first-order valence-corrected chi connectivity index (χ1v) is 6.36. The summed E-state index contributed by atoms with van der Waals surface area (Å²) >= 11 is 0. The quantitative estimate of drug-likeness (QED) is 0.658. The van der Waals surface area contributed by atoms with Crippen LogP contribution >= 0.6 is 0 Å². The monoisotopic (exact) mass is 242 g/mol. The normalized spacial score (nSPS) is 20.2. The van der Waals surface area contributed by atoms with E-state index in [1.54, 1.807) is 0 Å². The van der Waals surface area contributed by atoms with Gasteiger partial charge in [0, 0.05) is 18.1 Å². The van der Waals surface area contributed by atoms with Gasteiger partial charge in [-0.25, -0.2) is 0 Å². The molecule has 1 saturated carbocycles. The minimum absolute atomic E-state index is 0.128. The molecule has 0 saturated heterocycles. The summed E-state index contributed by atoms with van der Waals surface area (Å²) in [7, 11) is 7.84. The standard InChI is InChI=1S/C13H26N2O2/c1-11(9-12(16)17-5)15(4)10-13(14(2)3)7-6-8-13/h11H,6-10H2,1-5H3. The van der Waals surface area contributed by atoms with E-state index in [0.29, 0.717) is 12.0 Å². The lowest BCUT2D eigenvalue weighted by atomic mass is 9.75. The van der Waals surface area contributed by atoms with Crippen LogP contribution in [0.25, 0.3) is 0 Å². The summed E-state index contributed by atoms with van der Waals surface area (Å²) in [6, 6.07) is 0.236. The summed E-state index contributed by atoms with van der Waals surface area (Å²) in [6.07, 6.45) is 4.30. The van der Waals surface area contributed by atoms with Gasteiger partial charge >= 0.3 is 5.97 Å². The number of hydrogen-bond acceptors (Lipinski definition) is 4. The van der Waals surface area contributed by atoms with Gasteiger partial charge in [0.25, 0.3) is 0 Å². The fraction of sp³-hybridized carbons (Fsp3) is 0.923. The highest BCUT2D eigenvalue weighted by Crippen LogP contribution is 2.37. The Morgan fingerprint density at radius 3 is 2.29 bits per heavy atom. The maximum absolute atomic E-state index is 11.3. The zero-order chi connectivity index (χ0) is 13.1. The number of likely N-dealkylation sites (N-methyl/N-ethyl adjacent to an activating group) is 2. The molecule has 1 rings (SSSR count). The van der Waals surface area contributed by atoms with Crippen molar-refractivity contribution in [3.05, 3.63) is 0 Å². The van der Waals surface area contributed by atoms with E-state index in [1.165, 1.54) is 26.4 Å². The highest BCUT2D eigenvalue weighted by Gasteiger charge is 2.40. The summed E-state index contributed by atoms with van der Waals surface area (Å²) in [5.41, 5.74) is 0.319. The second-order valence-corrected chi connectivity index (χ2v) is 5.52. The van der Waals surface area contributed by atoms with E-state index in [-0.39, 0.29) is 12.0 Å². The largest absolute Gasteiger partial charge is 0.469 e. The van der Waals surface area contributed by atoms with E-state index < -0.39 is 0 Å². The zero-order valence-corrected chi connectivity index (χ0v) is 11.8. The number of nitrogens with zero attached hydrogens (tertiary/aromatic N) is 2. The number of hydrogen-bond donors (Lipinski definition) is 0. The Labute approximate surface area is 105 Å². The van der Waals surface area contributed by atoms with Gasteiger partial charge in [-0.05, 0) is 47.3 Å². The SMILES string of the molecule is COC(=O)CC(C)N(C)CC1(N(C)C)CCC1. The van der Waals surface area contributed by atoms with Crippen LogP contribution in [0.1, 0.15) is 32.6 Å². The smallest absolute Gasteiger partial charge is 0.307 e. The molecule has 0 aromatic rings. The number of rotatable bonds is 6. The van der Waals surface area contributed by atoms with Crippen LogP contribution in [0.2, 0.25) is 0 Å². The summed E-state index contributed by atoms with van der Waals surface area (Å²) in [5, 5.41) is 0. The lowest BCUT2D eigenvalue weighted by molar-refractivity contribution is -0.142. The van der Waals surface area contributed by atoms with E-state index in [1.807, 2.05) is 0 Å². The molecule has 0 bridgehead atoms. The summed E-state index contributed by atoms with van der Waals surface area (Å²) in [4.78, 5) is 15.9. The molecule has 4 nitrogen and oxygen atoms in total. The summed E-state index contributed by atoms with van der Waals surface area (Å²) < 4.78 is 4.71. The zero-order valence-electron chi connectivity index (χ0n) is 11.8. The lowest BCUT2D eigenvalue weighted by Gasteiger charge is -2.50. The van der Waals surface area contributed by atoms with Crippen molar-refractivity contribution < 1.29 is 9.53 Å². The molecule has 0 aromatic carbocycles. The molecular weight excluding hydrogens is 216 g/mol. The van der Waals surface area contributed by atoms with Crippen LogP contribution in [0.15, 0.2) is 0 Å². The average molecular weight is 242 g/mol. The highest BCUT2D eigenvalue weighted by molar-refractivity contribution is 5.69. The van der Waals surface area contributed by atoms with Gasteiger partial charge in [0.2, 0.25) is 0 Å². The van der Waals surface area contributed by atoms with E-state index in [4.69, 9.17) is 4.74 Å². The highest BCUT2D eigenvalue weighted by atomic mass is 16.5. The van der Waals surface area contributed by atoms with Gasteiger partial charge in [0.05, 0.1) is 13.5 Å². The van der Waals surface area contributed by atoms with Crippen LogP contribution < -0.4 is 0 Å². The van der Waals surface area contributed by atoms with Gasteiger partial charge in [0.15, 0.2) is 0 Å². The van der Waals surface area contributed by atoms with E-state index >= 15 is 0 Å². The topological polar surface area (TPSA) is 32.8 Å². The molecule has 1 aliphatic rings. The van der Waals surface area contributed by atoms with Crippen molar-refractivity contribution in [2.75, 3.05) is 34.8 Å². The van der Waals surface area contributed by atoms with Gasteiger partial charge in [-0.2, -0.15) is 0 Å². The van der Waals surface area contributed by atoms with Crippen LogP contribution in [-0.2, 0) is 9.53 Å². The van der Waals surface area contributed by atoms with Crippen LogP contribution in [0.5, 0.6) is 0 Å². The Kier molecular flexibility index (Phi) is 4.95. The third-order valence-electron chi connectivity index (χ3n) is 4.22. The van der Waals surface area contributed by atoms with E-state index in [0.717, 1.165) is 6.54 Å². The Balaban J connectivity index is 2.47. The molecule has 1 aliphatic carbocycles. The molecule has 0 amide bonds. The molecule has 1 unspecified atom stereocenters. The minimum Gasteiger partial charge on any atom is -0.469 e. The molecule has 1 fully saturated rings. The first kappa shape index (κ1) is 14.5. The first-order valence-electron chi connectivity index (χ1n) is 6.36. The van der Waals surface area contributed by atoms with E-state index in [9.17, 15) is 4.79 Å². The molecule has 100 valence electrons. The average Bonchev–Trinajstić information content (AvgIpc) is 2.22. The van der Waals surface area contributed by atoms with Crippen LogP contribution in [-0.4, -0.2) is 62.1 Å². The van der Waals surface area contributed by atoms with Crippen molar-refractivity contribution >= 4 is 5.97 Å². The fourth-order valence-corrected chi connectivity index (χ4v) is 2.43. The molecule has 17 heavy (non-hydrogen) atoms. The molecular formula is C13H26N2O2. The number of methoxy groups -OCH3 is 1. The molecule has 0 aliphatic heterocycles. The second kappa shape index (κ2) is 5.83. The molecule has 1 atom stereocenters. The number of ether oxygens (including phenoxy) is 1. The number of carbonyl (C=O) groups excluding carboxylic acids is 1. The van der Waals surface area contributed by atoms with Crippen LogP contribution in [0.4, 0.5) is 0 Å².